The normalized spacial score (nSPS) is 32.9. The summed E-state index contributed by atoms with van der Waals surface area (Å²) < 4.78 is 62.1. The van der Waals surface area contributed by atoms with Gasteiger partial charge in [-0.25, -0.2) is 4.39 Å². The van der Waals surface area contributed by atoms with Gasteiger partial charge in [-0.2, -0.15) is 13.2 Å². The first kappa shape index (κ1) is 25.0. The zero-order valence-corrected chi connectivity index (χ0v) is 18.8. The van der Waals surface area contributed by atoms with Crippen molar-refractivity contribution < 1.29 is 41.7 Å². The van der Waals surface area contributed by atoms with E-state index in [0.717, 1.165) is 6.07 Å². The van der Waals surface area contributed by atoms with Crippen LogP contribution in [-0.4, -0.2) is 59.6 Å². The van der Waals surface area contributed by atoms with Crippen molar-refractivity contribution in [3.05, 3.63) is 29.0 Å². The third-order valence-electron chi connectivity index (χ3n) is 7.09. The Morgan fingerprint density at radius 3 is 2.50 bits per heavy atom. The summed E-state index contributed by atoms with van der Waals surface area (Å²) in [6.07, 6.45) is -6.02. The Bertz CT molecular complexity index is 952. The van der Waals surface area contributed by atoms with E-state index in [-0.39, 0.29) is 30.4 Å². The van der Waals surface area contributed by atoms with Gasteiger partial charge in [-0.1, -0.05) is 11.6 Å². The minimum atomic E-state index is -4.51. The molecule has 4 fully saturated rings. The number of fused-ring (bicyclic) bond motifs is 3. The third kappa shape index (κ3) is 5.11. The zero-order valence-electron chi connectivity index (χ0n) is 18.1. The summed E-state index contributed by atoms with van der Waals surface area (Å²) in [7, 11) is 0. The van der Waals surface area contributed by atoms with Crippen LogP contribution in [0.3, 0.4) is 0 Å². The second-order valence-corrected chi connectivity index (χ2v) is 9.76. The smallest absolute Gasteiger partial charge is 0.414 e. The molecule has 1 saturated heterocycles. The van der Waals surface area contributed by atoms with Gasteiger partial charge in [0.1, 0.15) is 11.6 Å². The van der Waals surface area contributed by atoms with E-state index >= 15 is 0 Å². The Labute approximate surface area is 198 Å². The van der Waals surface area contributed by atoms with E-state index in [4.69, 9.17) is 21.1 Å². The lowest BCUT2D eigenvalue weighted by Gasteiger charge is -2.56. The van der Waals surface area contributed by atoms with Gasteiger partial charge in [0.15, 0.2) is 12.7 Å². The van der Waals surface area contributed by atoms with E-state index in [1.807, 2.05) is 0 Å². The molecule has 3 saturated carbocycles. The quantitative estimate of drug-likeness (QED) is 0.514. The fourth-order valence-electron chi connectivity index (χ4n) is 5.09. The van der Waals surface area contributed by atoms with Crippen LogP contribution in [0.4, 0.5) is 17.6 Å². The van der Waals surface area contributed by atoms with Crippen LogP contribution in [0.5, 0.6) is 5.75 Å². The molecule has 0 aromatic heterocycles. The van der Waals surface area contributed by atoms with Crippen molar-refractivity contribution in [3.8, 4) is 5.75 Å². The second-order valence-electron chi connectivity index (χ2n) is 9.35. The number of aliphatic hydroxyl groups is 1. The van der Waals surface area contributed by atoms with E-state index < -0.39 is 59.4 Å². The molecule has 0 spiro atoms. The number of carbonyl (C=O) groups is 2. The van der Waals surface area contributed by atoms with Gasteiger partial charge in [-0.15, -0.1) is 0 Å². The highest BCUT2D eigenvalue weighted by molar-refractivity contribution is 6.30. The molecule has 2 bridgehead atoms. The van der Waals surface area contributed by atoms with Gasteiger partial charge in [-0.3, -0.25) is 9.59 Å². The standard InChI is InChI=1S/C22H25ClF4N2O5/c23-14-2-1-13(8-15(14)24)33-11-18(31)28-21-5-3-20(4-6-21,9-16(21)30)29-19(32)12-7-17(34-10-12)22(25,26)27/h1-2,8,12,16-17,30H,3-7,9-11H2,(H,28,31)(H,29,32). The molecule has 4 aliphatic rings. The predicted molar refractivity (Wildman–Crippen MR) is 112 cm³/mol. The third-order valence-corrected chi connectivity index (χ3v) is 7.40. The lowest BCUT2D eigenvalue weighted by molar-refractivity contribution is -0.206. The Balaban J connectivity index is 1.30. The molecule has 1 aromatic carbocycles. The van der Waals surface area contributed by atoms with Gasteiger partial charge in [-0.05, 0) is 50.7 Å². The Morgan fingerprint density at radius 1 is 1.21 bits per heavy atom. The molecule has 5 rings (SSSR count). The van der Waals surface area contributed by atoms with Gasteiger partial charge < -0.3 is 25.2 Å². The highest BCUT2D eigenvalue weighted by atomic mass is 35.5. The number of aliphatic hydroxyl groups excluding tert-OH is 1. The number of hydrogen-bond donors (Lipinski definition) is 3. The van der Waals surface area contributed by atoms with Crippen molar-refractivity contribution in [1.29, 1.82) is 0 Å². The number of nitrogens with one attached hydrogen (secondary N) is 2. The maximum absolute atomic E-state index is 13.5. The molecule has 3 atom stereocenters. The zero-order chi connectivity index (χ0) is 24.7. The van der Waals surface area contributed by atoms with E-state index in [1.54, 1.807) is 0 Å². The van der Waals surface area contributed by atoms with Crippen LogP contribution in [0.2, 0.25) is 5.02 Å². The highest BCUT2D eigenvalue weighted by Crippen LogP contribution is 2.47. The van der Waals surface area contributed by atoms with E-state index in [9.17, 15) is 32.3 Å². The fourth-order valence-corrected chi connectivity index (χ4v) is 5.21. The predicted octanol–water partition coefficient (Wildman–Crippen LogP) is 2.87. The van der Waals surface area contributed by atoms with Crippen LogP contribution in [0.25, 0.3) is 0 Å². The summed E-state index contributed by atoms with van der Waals surface area (Å²) in [6, 6.07) is 3.80. The molecule has 12 heteroatoms. The number of benzene rings is 1. The monoisotopic (exact) mass is 508 g/mol. The number of carbonyl (C=O) groups excluding carboxylic acids is 2. The Hall–Kier alpha value is -2.11. The van der Waals surface area contributed by atoms with Gasteiger partial charge in [0, 0.05) is 11.6 Å². The maximum atomic E-state index is 13.5. The first-order valence-electron chi connectivity index (χ1n) is 11.0. The van der Waals surface area contributed by atoms with Gasteiger partial charge in [0.05, 0.1) is 29.2 Å². The van der Waals surface area contributed by atoms with Crippen LogP contribution in [-0.2, 0) is 14.3 Å². The summed E-state index contributed by atoms with van der Waals surface area (Å²) in [5, 5.41) is 16.4. The van der Waals surface area contributed by atoms with E-state index in [0.29, 0.717) is 25.7 Å². The second kappa shape index (κ2) is 9.16. The molecule has 7 nitrogen and oxygen atoms in total. The summed E-state index contributed by atoms with van der Waals surface area (Å²) >= 11 is 5.62. The van der Waals surface area contributed by atoms with Gasteiger partial charge >= 0.3 is 6.18 Å². The van der Waals surface area contributed by atoms with Gasteiger partial charge in [0.25, 0.3) is 5.91 Å². The molecule has 34 heavy (non-hydrogen) atoms. The van der Waals surface area contributed by atoms with Crippen LogP contribution >= 0.6 is 11.6 Å². The molecule has 188 valence electrons. The van der Waals surface area contributed by atoms with Crippen molar-refractivity contribution in [3.63, 3.8) is 0 Å². The average Bonchev–Trinajstić information content (AvgIpc) is 3.27. The molecule has 1 heterocycles. The summed E-state index contributed by atoms with van der Waals surface area (Å²) in [6.45, 7) is -0.689. The molecule has 1 aromatic rings. The number of hydrogen-bond acceptors (Lipinski definition) is 5. The summed E-state index contributed by atoms with van der Waals surface area (Å²) in [5.74, 6) is -2.45. The number of ether oxygens (including phenoxy) is 2. The summed E-state index contributed by atoms with van der Waals surface area (Å²) in [5.41, 5.74) is -1.63. The van der Waals surface area contributed by atoms with Crippen LogP contribution in [0.15, 0.2) is 18.2 Å². The summed E-state index contributed by atoms with van der Waals surface area (Å²) in [4.78, 5) is 25.1. The first-order valence-corrected chi connectivity index (χ1v) is 11.4. The lowest BCUT2D eigenvalue weighted by Crippen LogP contribution is -2.70. The largest absolute Gasteiger partial charge is 0.484 e. The van der Waals surface area contributed by atoms with E-state index in [2.05, 4.69) is 10.6 Å². The van der Waals surface area contributed by atoms with Crippen molar-refractivity contribution in [1.82, 2.24) is 10.6 Å². The number of rotatable bonds is 6. The lowest BCUT2D eigenvalue weighted by atomic mass is 9.59. The van der Waals surface area contributed by atoms with Crippen LogP contribution < -0.4 is 15.4 Å². The van der Waals surface area contributed by atoms with Crippen molar-refractivity contribution >= 4 is 23.4 Å². The van der Waals surface area contributed by atoms with Crippen molar-refractivity contribution in [2.24, 2.45) is 5.92 Å². The SMILES string of the molecule is O=C(COc1ccc(Cl)c(F)c1)NC12CCC(NC(=O)C3COC(C(F)(F)F)C3)(CC1)CC2O. The maximum Gasteiger partial charge on any atom is 0.414 e. The van der Waals surface area contributed by atoms with Crippen LogP contribution in [0.1, 0.15) is 38.5 Å². The molecule has 1 aliphatic heterocycles. The Kier molecular flexibility index (Phi) is 6.73. The molecular formula is C22H25ClF4N2O5. The topological polar surface area (TPSA) is 96.9 Å². The first-order chi connectivity index (χ1) is 15.9. The highest BCUT2D eigenvalue weighted by Gasteiger charge is 2.56. The molecule has 0 radical (unpaired) electrons. The average molecular weight is 509 g/mol. The minimum Gasteiger partial charge on any atom is -0.484 e. The molecule has 3 aliphatic carbocycles. The Morgan fingerprint density at radius 2 is 1.91 bits per heavy atom. The number of amides is 2. The molecule has 3 unspecified atom stereocenters. The molecule has 2 amide bonds. The minimum absolute atomic E-state index is 0.0700. The van der Waals surface area contributed by atoms with E-state index in [1.165, 1.54) is 12.1 Å². The van der Waals surface area contributed by atoms with Crippen LogP contribution in [0, 0.1) is 11.7 Å². The number of halogens is 5. The van der Waals surface area contributed by atoms with Crippen molar-refractivity contribution in [2.45, 2.75) is 68.0 Å². The molecule has 3 N–H and O–H groups in total. The number of alkyl halides is 3. The molecular weight excluding hydrogens is 484 g/mol. The fraction of sp³-hybridized carbons (Fsp3) is 0.636. The van der Waals surface area contributed by atoms with Crippen molar-refractivity contribution in [2.75, 3.05) is 13.2 Å². The van der Waals surface area contributed by atoms with Gasteiger partial charge in [0.2, 0.25) is 5.91 Å².